The summed E-state index contributed by atoms with van der Waals surface area (Å²) >= 11 is 0. The maximum atomic E-state index is 12.7. The average molecular weight is 264 g/mol. The number of hydrogen-bond donors (Lipinski definition) is 1. The predicted molar refractivity (Wildman–Crippen MR) is 76.9 cm³/mol. The second kappa shape index (κ2) is 5.08. The molecule has 0 bridgehead atoms. The van der Waals surface area contributed by atoms with Gasteiger partial charge in [-0.2, -0.15) is 0 Å². The summed E-state index contributed by atoms with van der Waals surface area (Å²) < 4.78 is 0. The average Bonchev–Trinajstić information content (AvgIpc) is 3.14. The van der Waals surface area contributed by atoms with Gasteiger partial charge in [-0.25, -0.2) is 0 Å². The first-order valence-electron chi connectivity index (χ1n) is 8.12. The van der Waals surface area contributed by atoms with Crippen molar-refractivity contribution in [1.82, 2.24) is 10.2 Å². The molecule has 0 radical (unpaired) electrons. The Bertz CT molecular complexity index is 349. The SMILES string of the molecule is CC1(C)CCCC(N2CCCC(NC3CC3)C2=O)C1. The highest BCUT2D eigenvalue weighted by atomic mass is 16.2. The Labute approximate surface area is 117 Å². The molecule has 3 aliphatic rings. The molecule has 0 aromatic rings. The van der Waals surface area contributed by atoms with Crippen LogP contribution in [0.15, 0.2) is 0 Å². The van der Waals surface area contributed by atoms with Crippen molar-refractivity contribution in [3.63, 3.8) is 0 Å². The van der Waals surface area contributed by atoms with Crippen LogP contribution in [0.2, 0.25) is 0 Å². The van der Waals surface area contributed by atoms with Gasteiger partial charge in [0, 0.05) is 18.6 Å². The van der Waals surface area contributed by atoms with E-state index in [0.29, 0.717) is 23.4 Å². The topological polar surface area (TPSA) is 32.3 Å². The van der Waals surface area contributed by atoms with Crippen molar-refractivity contribution in [1.29, 1.82) is 0 Å². The molecule has 0 aromatic carbocycles. The van der Waals surface area contributed by atoms with Crippen molar-refractivity contribution in [2.45, 2.75) is 83.3 Å². The Morgan fingerprint density at radius 1 is 1.16 bits per heavy atom. The largest absolute Gasteiger partial charge is 0.338 e. The molecule has 2 unspecified atom stereocenters. The number of carbonyl (C=O) groups excluding carboxylic acids is 1. The van der Waals surface area contributed by atoms with Crippen molar-refractivity contribution < 1.29 is 4.79 Å². The number of hydrogen-bond acceptors (Lipinski definition) is 2. The molecule has 19 heavy (non-hydrogen) atoms. The number of rotatable bonds is 3. The highest BCUT2D eigenvalue weighted by Gasteiger charge is 2.39. The van der Waals surface area contributed by atoms with Crippen LogP contribution in [0.4, 0.5) is 0 Å². The van der Waals surface area contributed by atoms with Gasteiger partial charge in [0.1, 0.15) is 0 Å². The van der Waals surface area contributed by atoms with Crippen molar-refractivity contribution >= 4 is 5.91 Å². The summed E-state index contributed by atoms with van der Waals surface area (Å²) in [6, 6.07) is 1.25. The second-order valence-corrected chi connectivity index (χ2v) is 7.58. The summed E-state index contributed by atoms with van der Waals surface area (Å²) in [5, 5.41) is 3.54. The third-order valence-electron chi connectivity index (χ3n) is 5.11. The predicted octanol–water partition coefficient (Wildman–Crippen LogP) is 2.70. The van der Waals surface area contributed by atoms with Gasteiger partial charge in [0.15, 0.2) is 0 Å². The van der Waals surface area contributed by atoms with Crippen LogP contribution in [0, 0.1) is 5.41 Å². The van der Waals surface area contributed by atoms with Gasteiger partial charge < -0.3 is 10.2 Å². The minimum absolute atomic E-state index is 0.117. The third kappa shape index (κ3) is 3.13. The molecule has 1 saturated heterocycles. The molecule has 108 valence electrons. The summed E-state index contributed by atoms with van der Waals surface area (Å²) in [6.07, 6.45) is 9.74. The van der Waals surface area contributed by atoms with Gasteiger partial charge in [0.25, 0.3) is 0 Å². The van der Waals surface area contributed by atoms with Gasteiger partial charge in [-0.1, -0.05) is 20.3 Å². The first-order chi connectivity index (χ1) is 9.05. The summed E-state index contributed by atoms with van der Waals surface area (Å²) in [5.41, 5.74) is 0.417. The van der Waals surface area contributed by atoms with Crippen LogP contribution in [-0.4, -0.2) is 35.5 Å². The zero-order chi connectivity index (χ0) is 13.5. The lowest BCUT2D eigenvalue weighted by atomic mass is 9.74. The normalized spacial score (nSPS) is 35.5. The summed E-state index contributed by atoms with van der Waals surface area (Å²) in [6.45, 7) is 5.70. The monoisotopic (exact) mass is 264 g/mol. The lowest BCUT2D eigenvalue weighted by Gasteiger charge is -2.44. The van der Waals surface area contributed by atoms with E-state index in [2.05, 4.69) is 24.1 Å². The zero-order valence-electron chi connectivity index (χ0n) is 12.5. The molecular weight excluding hydrogens is 236 g/mol. The van der Waals surface area contributed by atoms with E-state index in [1.807, 2.05) is 0 Å². The van der Waals surface area contributed by atoms with E-state index >= 15 is 0 Å². The maximum absolute atomic E-state index is 12.7. The summed E-state index contributed by atoms with van der Waals surface area (Å²) in [7, 11) is 0. The molecule has 2 atom stereocenters. The van der Waals surface area contributed by atoms with Crippen LogP contribution < -0.4 is 5.32 Å². The van der Waals surface area contributed by atoms with Crippen LogP contribution >= 0.6 is 0 Å². The molecule has 3 fully saturated rings. The van der Waals surface area contributed by atoms with Crippen LogP contribution in [0.5, 0.6) is 0 Å². The van der Waals surface area contributed by atoms with Gasteiger partial charge in [-0.3, -0.25) is 4.79 Å². The third-order valence-corrected chi connectivity index (χ3v) is 5.11. The van der Waals surface area contributed by atoms with Crippen LogP contribution in [0.3, 0.4) is 0 Å². The first-order valence-corrected chi connectivity index (χ1v) is 8.12. The quantitative estimate of drug-likeness (QED) is 0.850. The molecule has 1 heterocycles. The summed E-state index contributed by atoms with van der Waals surface area (Å²) in [5.74, 6) is 0.390. The second-order valence-electron chi connectivity index (χ2n) is 7.58. The van der Waals surface area contributed by atoms with E-state index in [1.165, 1.54) is 44.9 Å². The molecule has 0 aromatic heterocycles. The van der Waals surface area contributed by atoms with Gasteiger partial charge in [0.05, 0.1) is 6.04 Å². The number of carbonyl (C=O) groups is 1. The molecular formula is C16H28N2O. The van der Waals surface area contributed by atoms with Crippen LogP contribution in [0.1, 0.15) is 65.2 Å². The van der Waals surface area contributed by atoms with E-state index in [1.54, 1.807) is 0 Å². The molecule has 3 rings (SSSR count). The smallest absolute Gasteiger partial charge is 0.239 e. The number of likely N-dealkylation sites (tertiary alicyclic amines) is 1. The lowest BCUT2D eigenvalue weighted by molar-refractivity contribution is -0.140. The standard InChI is InChI=1S/C16H28N2O/c1-16(2)9-3-5-13(11-16)18-10-4-6-14(15(18)19)17-12-7-8-12/h12-14,17H,3-11H2,1-2H3. The van der Waals surface area contributed by atoms with Crippen LogP contribution in [0.25, 0.3) is 0 Å². The highest BCUT2D eigenvalue weighted by molar-refractivity contribution is 5.83. The van der Waals surface area contributed by atoms with Crippen LogP contribution in [-0.2, 0) is 4.79 Å². The molecule has 2 saturated carbocycles. The molecule has 3 heteroatoms. The van der Waals surface area contributed by atoms with Gasteiger partial charge in [0.2, 0.25) is 5.91 Å². The maximum Gasteiger partial charge on any atom is 0.239 e. The van der Waals surface area contributed by atoms with Crippen molar-refractivity contribution in [2.24, 2.45) is 5.41 Å². The molecule has 1 aliphatic heterocycles. The van der Waals surface area contributed by atoms with Crippen molar-refractivity contribution in [2.75, 3.05) is 6.54 Å². The number of piperidine rings is 1. The van der Waals surface area contributed by atoms with E-state index in [-0.39, 0.29) is 6.04 Å². The summed E-state index contributed by atoms with van der Waals surface area (Å²) in [4.78, 5) is 14.9. The fraction of sp³-hybridized carbons (Fsp3) is 0.938. The Morgan fingerprint density at radius 3 is 2.63 bits per heavy atom. The van der Waals surface area contributed by atoms with Gasteiger partial charge in [-0.05, 0) is 50.4 Å². The minimum atomic E-state index is 0.117. The Hall–Kier alpha value is -0.570. The first kappa shape index (κ1) is 13.4. The highest BCUT2D eigenvalue weighted by Crippen LogP contribution is 2.38. The number of amides is 1. The fourth-order valence-electron chi connectivity index (χ4n) is 3.88. The molecule has 0 spiro atoms. The molecule has 3 nitrogen and oxygen atoms in total. The molecule has 2 aliphatic carbocycles. The van der Waals surface area contributed by atoms with E-state index in [4.69, 9.17) is 0 Å². The van der Waals surface area contributed by atoms with Gasteiger partial charge >= 0.3 is 0 Å². The Balaban J connectivity index is 1.63. The fourth-order valence-corrected chi connectivity index (χ4v) is 3.88. The Morgan fingerprint density at radius 2 is 1.95 bits per heavy atom. The molecule has 1 N–H and O–H groups in total. The van der Waals surface area contributed by atoms with E-state index in [9.17, 15) is 4.79 Å². The van der Waals surface area contributed by atoms with E-state index < -0.39 is 0 Å². The minimum Gasteiger partial charge on any atom is -0.338 e. The zero-order valence-corrected chi connectivity index (χ0v) is 12.5. The van der Waals surface area contributed by atoms with Crippen molar-refractivity contribution in [3.8, 4) is 0 Å². The number of nitrogens with one attached hydrogen (secondary N) is 1. The van der Waals surface area contributed by atoms with E-state index in [0.717, 1.165) is 13.0 Å². The van der Waals surface area contributed by atoms with Gasteiger partial charge in [-0.15, -0.1) is 0 Å². The molecule has 1 amide bonds. The Kier molecular flexibility index (Phi) is 3.59. The lowest BCUT2D eigenvalue weighted by Crippen LogP contribution is -2.55. The van der Waals surface area contributed by atoms with Crippen molar-refractivity contribution in [3.05, 3.63) is 0 Å². The number of nitrogens with zero attached hydrogens (tertiary/aromatic N) is 1.